The van der Waals surface area contributed by atoms with Crippen molar-refractivity contribution in [3.05, 3.63) is 58.6 Å². The Bertz CT molecular complexity index is 643. The largest absolute Gasteiger partial charge is 0.397 e. The Labute approximate surface area is 122 Å². The lowest BCUT2D eigenvalue weighted by atomic mass is 10.1. The standard InChI is InChI=1S/C15H16ClN3O/c1-19(9-11-4-2-3-5-12(11)16)14-7-6-10(15(18)20)8-13(14)17/h2-8H,9,17H2,1H3,(H2,18,20). The molecule has 5 heteroatoms. The second-order valence-electron chi connectivity index (χ2n) is 4.59. The van der Waals surface area contributed by atoms with Gasteiger partial charge in [0.1, 0.15) is 0 Å². The lowest BCUT2D eigenvalue weighted by Gasteiger charge is -2.22. The summed E-state index contributed by atoms with van der Waals surface area (Å²) in [5.41, 5.74) is 13.9. The number of anilines is 2. The number of nitrogens with two attached hydrogens (primary N) is 2. The average molecular weight is 290 g/mol. The topological polar surface area (TPSA) is 72.3 Å². The van der Waals surface area contributed by atoms with Gasteiger partial charge in [0.25, 0.3) is 0 Å². The van der Waals surface area contributed by atoms with Gasteiger partial charge in [-0.25, -0.2) is 0 Å². The van der Waals surface area contributed by atoms with E-state index >= 15 is 0 Å². The van der Waals surface area contributed by atoms with E-state index in [4.69, 9.17) is 23.1 Å². The van der Waals surface area contributed by atoms with E-state index in [2.05, 4.69) is 0 Å². The van der Waals surface area contributed by atoms with E-state index < -0.39 is 5.91 Å². The fourth-order valence-electron chi connectivity index (χ4n) is 2.02. The van der Waals surface area contributed by atoms with Crippen molar-refractivity contribution in [1.29, 1.82) is 0 Å². The first kappa shape index (κ1) is 14.2. The van der Waals surface area contributed by atoms with Crippen molar-refractivity contribution in [3.8, 4) is 0 Å². The van der Waals surface area contributed by atoms with E-state index in [1.165, 1.54) is 0 Å². The van der Waals surface area contributed by atoms with Crippen LogP contribution in [0.3, 0.4) is 0 Å². The molecule has 2 rings (SSSR count). The summed E-state index contributed by atoms with van der Waals surface area (Å²) < 4.78 is 0. The van der Waals surface area contributed by atoms with Crippen LogP contribution in [-0.4, -0.2) is 13.0 Å². The zero-order valence-electron chi connectivity index (χ0n) is 11.1. The van der Waals surface area contributed by atoms with Crippen LogP contribution < -0.4 is 16.4 Å². The quantitative estimate of drug-likeness (QED) is 0.850. The Morgan fingerprint density at radius 1 is 1.25 bits per heavy atom. The van der Waals surface area contributed by atoms with E-state index in [-0.39, 0.29) is 0 Å². The number of benzene rings is 2. The van der Waals surface area contributed by atoms with E-state index in [1.807, 2.05) is 36.2 Å². The molecule has 4 N–H and O–H groups in total. The molecule has 0 aromatic heterocycles. The number of hydrogen-bond donors (Lipinski definition) is 2. The molecule has 0 heterocycles. The van der Waals surface area contributed by atoms with Crippen molar-refractivity contribution in [1.82, 2.24) is 0 Å². The van der Waals surface area contributed by atoms with Gasteiger partial charge < -0.3 is 16.4 Å². The molecule has 20 heavy (non-hydrogen) atoms. The highest BCUT2D eigenvalue weighted by molar-refractivity contribution is 6.31. The predicted octanol–water partition coefficient (Wildman–Crippen LogP) is 2.66. The van der Waals surface area contributed by atoms with Crippen molar-refractivity contribution >= 4 is 28.9 Å². The van der Waals surface area contributed by atoms with Gasteiger partial charge in [0.15, 0.2) is 0 Å². The number of rotatable bonds is 4. The van der Waals surface area contributed by atoms with E-state index in [0.29, 0.717) is 22.8 Å². The highest BCUT2D eigenvalue weighted by atomic mass is 35.5. The highest BCUT2D eigenvalue weighted by Crippen LogP contribution is 2.26. The first-order valence-corrected chi connectivity index (χ1v) is 6.50. The van der Waals surface area contributed by atoms with Crippen molar-refractivity contribution in [2.75, 3.05) is 17.7 Å². The number of nitrogens with zero attached hydrogens (tertiary/aromatic N) is 1. The lowest BCUT2D eigenvalue weighted by Crippen LogP contribution is -2.19. The third kappa shape index (κ3) is 3.03. The van der Waals surface area contributed by atoms with Crippen LogP contribution in [0.4, 0.5) is 11.4 Å². The summed E-state index contributed by atoms with van der Waals surface area (Å²) in [7, 11) is 1.92. The molecule has 0 bridgehead atoms. The fraction of sp³-hybridized carbons (Fsp3) is 0.133. The number of hydrogen-bond acceptors (Lipinski definition) is 3. The minimum absolute atomic E-state index is 0.400. The van der Waals surface area contributed by atoms with E-state index in [1.54, 1.807) is 18.2 Å². The van der Waals surface area contributed by atoms with Crippen LogP contribution in [0.25, 0.3) is 0 Å². The van der Waals surface area contributed by atoms with Crippen LogP contribution in [0.5, 0.6) is 0 Å². The van der Waals surface area contributed by atoms with Crippen LogP contribution >= 0.6 is 11.6 Å². The molecule has 0 aliphatic heterocycles. The van der Waals surface area contributed by atoms with Crippen molar-refractivity contribution in [2.24, 2.45) is 5.73 Å². The van der Waals surface area contributed by atoms with Gasteiger partial charge in [-0.1, -0.05) is 29.8 Å². The van der Waals surface area contributed by atoms with Crippen molar-refractivity contribution < 1.29 is 4.79 Å². The average Bonchev–Trinajstić information content (AvgIpc) is 2.41. The van der Waals surface area contributed by atoms with E-state index in [9.17, 15) is 4.79 Å². The van der Waals surface area contributed by atoms with Crippen molar-refractivity contribution in [3.63, 3.8) is 0 Å². The summed E-state index contributed by atoms with van der Waals surface area (Å²) in [4.78, 5) is 13.1. The maximum atomic E-state index is 11.1. The number of amides is 1. The van der Waals surface area contributed by atoms with Crippen LogP contribution in [-0.2, 0) is 6.54 Å². The Morgan fingerprint density at radius 3 is 2.55 bits per heavy atom. The molecule has 2 aromatic rings. The molecule has 2 aromatic carbocycles. The Hall–Kier alpha value is -2.20. The SMILES string of the molecule is CN(Cc1ccccc1Cl)c1ccc(C(N)=O)cc1N. The lowest BCUT2D eigenvalue weighted by molar-refractivity contribution is 0.100. The van der Waals surface area contributed by atoms with Gasteiger partial charge in [-0.05, 0) is 29.8 Å². The number of nitrogen functional groups attached to an aromatic ring is 1. The highest BCUT2D eigenvalue weighted by Gasteiger charge is 2.10. The molecule has 0 spiro atoms. The smallest absolute Gasteiger partial charge is 0.248 e. The molecule has 104 valence electrons. The molecule has 0 radical (unpaired) electrons. The molecule has 0 saturated heterocycles. The summed E-state index contributed by atoms with van der Waals surface area (Å²) in [6.07, 6.45) is 0. The summed E-state index contributed by atoms with van der Waals surface area (Å²) >= 11 is 6.14. The maximum Gasteiger partial charge on any atom is 0.248 e. The molecule has 0 aliphatic carbocycles. The monoisotopic (exact) mass is 289 g/mol. The summed E-state index contributed by atoms with van der Waals surface area (Å²) in [5, 5.41) is 0.715. The summed E-state index contributed by atoms with van der Waals surface area (Å²) in [6, 6.07) is 12.7. The molecule has 1 amide bonds. The Morgan fingerprint density at radius 2 is 1.95 bits per heavy atom. The molecule has 4 nitrogen and oxygen atoms in total. The van der Waals surface area contributed by atoms with Gasteiger partial charge in [-0.2, -0.15) is 0 Å². The molecule has 0 fully saturated rings. The van der Waals surface area contributed by atoms with Crippen LogP contribution in [0.2, 0.25) is 5.02 Å². The minimum atomic E-state index is -0.489. The third-order valence-corrected chi connectivity index (χ3v) is 3.46. The molecule has 0 saturated carbocycles. The summed E-state index contributed by atoms with van der Waals surface area (Å²) in [6.45, 7) is 0.625. The zero-order chi connectivity index (χ0) is 14.7. The zero-order valence-corrected chi connectivity index (χ0v) is 11.9. The van der Waals surface area contributed by atoms with Gasteiger partial charge in [0.2, 0.25) is 5.91 Å². The third-order valence-electron chi connectivity index (χ3n) is 3.09. The van der Waals surface area contributed by atoms with Crippen LogP contribution in [0.1, 0.15) is 15.9 Å². The summed E-state index contributed by atoms with van der Waals surface area (Å²) in [5.74, 6) is -0.489. The van der Waals surface area contributed by atoms with Gasteiger partial charge in [0.05, 0.1) is 11.4 Å². The first-order chi connectivity index (χ1) is 9.49. The second kappa shape index (κ2) is 5.84. The van der Waals surface area contributed by atoms with Gasteiger partial charge in [-0.3, -0.25) is 4.79 Å². The molecule has 0 aliphatic rings. The van der Waals surface area contributed by atoms with Crippen molar-refractivity contribution in [2.45, 2.75) is 6.54 Å². The van der Waals surface area contributed by atoms with Gasteiger partial charge in [-0.15, -0.1) is 0 Å². The molecule has 0 unspecified atom stereocenters. The van der Waals surface area contributed by atoms with Gasteiger partial charge >= 0.3 is 0 Å². The Balaban J connectivity index is 2.23. The predicted molar refractivity (Wildman–Crippen MR) is 82.9 cm³/mol. The number of primary amides is 1. The number of carbonyl (C=O) groups is 1. The second-order valence-corrected chi connectivity index (χ2v) is 4.99. The molecular formula is C15H16ClN3O. The van der Waals surface area contributed by atoms with E-state index in [0.717, 1.165) is 11.3 Å². The normalized spacial score (nSPS) is 10.3. The first-order valence-electron chi connectivity index (χ1n) is 6.13. The fourth-order valence-corrected chi connectivity index (χ4v) is 2.22. The van der Waals surface area contributed by atoms with Gasteiger partial charge in [0, 0.05) is 24.2 Å². The van der Waals surface area contributed by atoms with Crippen LogP contribution in [0.15, 0.2) is 42.5 Å². The maximum absolute atomic E-state index is 11.1. The molecule has 0 atom stereocenters. The Kier molecular flexibility index (Phi) is 4.15. The number of halogens is 1. The molecular weight excluding hydrogens is 274 g/mol. The van der Waals surface area contributed by atoms with Crippen LogP contribution in [0, 0.1) is 0 Å². The number of carbonyl (C=O) groups excluding carboxylic acids is 1. The minimum Gasteiger partial charge on any atom is -0.397 e.